The van der Waals surface area contributed by atoms with Crippen molar-refractivity contribution in [3.05, 3.63) is 69.4 Å². The minimum absolute atomic E-state index is 0.00414. The van der Waals surface area contributed by atoms with E-state index in [1.807, 2.05) is 30.3 Å². The van der Waals surface area contributed by atoms with Crippen molar-refractivity contribution in [2.75, 3.05) is 20.5 Å². The van der Waals surface area contributed by atoms with Crippen molar-refractivity contribution in [3.8, 4) is 5.69 Å². The van der Waals surface area contributed by atoms with Gasteiger partial charge >= 0.3 is 12.3 Å². The standard InChI is InChI=1S/C28H31BrClF3N6O7/c1-27(2,3)46-26(40)37-36-18-19-17(12-42-24(45-19)14-8-6-5-7-9-14)44-21(20(18)43-13-41-4)23-35-25(29)38-39(23)16-10-15(30)11-34-22(16)28(31,32)33/h5-11,17-21,24,36H,12-13H2,1-4H3,(H,37,40)/t17-,18+,19+,20-,21-,24?/m1/s1. The van der Waals surface area contributed by atoms with E-state index in [9.17, 15) is 18.0 Å². The van der Waals surface area contributed by atoms with Crippen LogP contribution in [0.5, 0.6) is 0 Å². The van der Waals surface area contributed by atoms with E-state index in [1.54, 1.807) is 20.8 Å². The minimum atomic E-state index is -4.86. The maximum atomic E-state index is 14.1. The zero-order chi connectivity index (χ0) is 33.2. The normalized spacial score (nSPS) is 25.2. The number of pyridine rings is 1. The molecule has 0 bridgehead atoms. The van der Waals surface area contributed by atoms with E-state index in [2.05, 4.69) is 41.8 Å². The molecule has 0 saturated carbocycles. The summed E-state index contributed by atoms with van der Waals surface area (Å²) in [5, 5.41) is 4.10. The number of hydrogen-bond donors (Lipinski definition) is 2. The van der Waals surface area contributed by atoms with Crippen molar-refractivity contribution >= 4 is 33.6 Å². The van der Waals surface area contributed by atoms with Gasteiger partial charge in [-0.3, -0.25) is 5.43 Å². The maximum absolute atomic E-state index is 14.1. The van der Waals surface area contributed by atoms with Crippen molar-refractivity contribution in [1.29, 1.82) is 0 Å². The van der Waals surface area contributed by atoms with Crippen LogP contribution >= 0.6 is 27.5 Å². The van der Waals surface area contributed by atoms with Gasteiger partial charge in [0, 0.05) is 18.9 Å². The number of hydrazine groups is 1. The monoisotopic (exact) mass is 734 g/mol. The molecular weight excluding hydrogens is 705 g/mol. The van der Waals surface area contributed by atoms with Gasteiger partial charge in [-0.1, -0.05) is 41.9 Å². The molecule has 2 fully saturated rings. The van der Waals surface area contributed by atoms with Crippen LogP contribution in [0.4, 0.5) is 18.0 Å². The number of aromatic nitrogens is 4. The molecule has 4 heterocycles. The number of fused-ring (bicyclic) bond motifs is 1. The zero-order valence-electron chi connectivity index (χ0n) is 25.0. The topological polar surface area (TPSA) is 140 Å². The first-order valence-corrected chi connectivity index (χ1v) is 15.1. The number of rotatable bonds is 8. The average Bonchev–Trinajstić information content (AvgIpc) is 3.38. The molecule has 18 heteroatoms. The lowest BCUT2D eigenvalue weighted by atomic mass is 9.91. The molecule has 0 radical (unpaired) electrons. The van der Waals surface area contributed by atoms with Crippen LogP contribution in [-0.2, 0) is 34.6 Å². The molecule has 250 valence electrons. The Labute approximate surface area is 275 Å². The highest BCUT2D eigenvalue weighted by Gasteiger charge is 2.53. The van der Waals surface area contributed by atoms with E-state index in [0.717, 1.165) is 22.5 Å². The van der Waals surface area contributed by atoms with Gasteiger partial charge in [0.25, 0.3) is 0 Å². The molecule has 2 saturated heterocycles. The molecule has 2 aromatic heterocycles. The Morgan fingerprint density at radius 1 is 1.20 bits per heavy atom. The van der Waals surface area contributed by atoms with Crippen molar-refractivity contribution in [2.24, 2.45) is 0 Å². The fourth-order valence-electron chi connectivity index (χ4n) is 5.03. The third-order valence-corrected chi connectivity index (χ3v) is 7.31. The third-order valence-electron chi connectivity index (χ3n) is 6.77. The average molecular weight is 736 g/mol. The Hall–Kier alpha value is -2.90. The molecule has 0 aliphatic carbocycles. The lowest BCUT2D eigenvalue weighted by Crippen LogP contribution is -2.67. The Morgan fingerprint density at radius 2 is 1.93 bits per heavy atom. The van der Waals surface area contributed by atoms with Crippen LogP contribution in [-0.4, -0.2) is 76.3 Å². The van der Waals surface area contributed by atoms with Crippen LogP contribution in [0.3, 0.4) is 0 Å². The largest absolute Gasteiger partial charge is 0.443 e. The number of alkyl halides is 3. The maximum Gasteiger partial charge on any atom is 0.435 e. The molecule has 1 unspecified atom stereocenters. The van der Waals surface area contributed by atoms with Crippen LogP contribution in [0.25, 0.3) is 5.69 Å². The second-order valence-corrected chi connectivity index (χ2v) is 12.4. The van der Waals surface area contributed by atoms with Crippen LogP contribution < -0.4 is 10.9 Å². The summed E-state index contributed by atoms with van der Waals surface area (Å²) in [7, 11) is 1.39. The number of methoxy groups -OCH3 is 1. The fourth-order valence-corrected chi connectivity index (χ4v) is 5.52. The quantitative estimate of drug-likeness (QED) is 0.238. The van der Waals surface area contributed by atoms with Gasteiger partial charge in [-0.15, -0.1) is 5.10 Å². The number of nitrogens with zero attached hydrogens (tertiary/aromatic N) is 4. The van der Waals surface area contributed by atoms with E-state index >= 15 is 0 Å². The number of ether oxygens (including phenoxy) is 6. The van der Waals surface area contributed by atoms with E-state index in [-0.39, 0.29) is 29.0 Å². The first-order valence-electron chi connectivity index (χ1n) is 13.9. The minimum Gasteiger partial charge on any atom is -0.443 e. The molecule has 1 amide bonds. The van der Waals surface area contributed by atoms with Crippen LogP contribution in [0.15, 0.2) is 47.3 Å². The van der Waals surface area contributed by atoms with E-state index in [0.29, 0.717) is 0 Å². The second-order valence-electron chi connectivity index (χ2n) is 11.3. The van der Waals surface area contributed by atoms with Crippen molar-refractivity contribution < 1.29 is 46.4 Å². The summed E-state index contributed by atoms with van der Waals surface area (Å²) in [6.07, 6.45) is -9.57. The molecule has 1 aromatic carbocycles. The highest BCUT2D eigenvalue weighted by Crippen LogP contribution is 2.42. The Kier molecular flexibility index (Phi) is 10.5. The summed E-state index contributed by atoms with van der Waals surface area (Å²) >= 11 is 9.25. The summed E-state index contributed by atoms with van der Waals surface area (Å²) in [6, 6.07) is 9.30. The second kappa shape index (κ2) is 14.1. The number of halogens is 5. The summed E-state index contributed by atoms with van der Waals surface area (Å²) in [6.45, 7) is 4.84. The van der Waals surface area contributed by atoms with Crippen LogP contribution in [0, 0.1) is 0 Å². The van der Waals surface area contributed by atoms with Crippen molar-refractivity contribution in [3.63, 3.8) is 0 Å². The molecule has 3 aromatic rings. The third kappa shape index (κ3) is 7.96. The van der Waals surface area contributed by atoms with E-state index in [1.165, 1.54) is 7.11 Å². The smallest absolute Gasteiger partial charge is 0.435 e. The van der Waals surface area contributed by atoms with Gasteiger partial charge in [-0.2, -0.15) is 13.2 Å². The molecule has 2 aliphatic heterocycles. The van der Waals surface area contributed by atoms with Crippen molar-refractivity contribution in [2.45, 2.75) is 69.3 Å². The first kappa shape index (κ1) is 34.4. The number of hydrogen-bond acceptors (Lipinski definition) is 11. The fraction of sp³-hybridized carbons (Fsp3) is 0.500. The number of carbonyl (C=O) groups excluding carboxylic acids is 1. The van der Waals surface area contributed by atoms with Gasteiger partial charge < -0.3 is 28.4 Å². The van der Waals surface area contributed by atoms with Gasteiger partial charge in [-0.05, 0) is 42.8 Å². The van der Waals surface area contributed by atoms with Gasteiger partial charge in [0.2, 0.25) is 4.73 Å². The molecule has 5 rings (SSSR count). The van der Waals surface area contributed by atoms with Gasteiger partial charge in [0.05, 0.1) is 23.4 Å². The molecule has 2 aliphatic rings. The highest BCUT2D eigenvalue weighted by molar-refractivity contribution is 9.10. The summed E-state index contributed by atoms with van der Waals surface area (Å²) < 4.78 is 78.6. The first-order chi connectivity index (χ1) is 21.7. The lowest BCUT2D eigenvalue weighted by Gasteiger charge is -2.49. The lowest BCUT2D eigenvalue weighted by molar-refractivity contribution is -0.320. The molecule has 2 N–H and O–H groups in total. The van der Waals surface area contributed by atoms with Gasteiger partial charge in [0.15, 0.2) is 17.8 Å². The zero-order valence-corrected chi connectivity index (χ0v) is 27.3. The van der Waals surface area contributed by atoms with Gasteiger partial charge in [0.1, 0.15) is 36.8 Å². The van der Waals surface area contributed by atoms with E-state index < -0.39 is 66.0 Å². The number of nitrogens with one attached hydrogen (secondary N) is 2. The Morgan fingerprint density at radius 3 is 2.61 bits per heavy atom. The summed E-state index contributed by atoms with van der Waals surface area (Å²) in [5.41, 5.74) is 3.63. The molecule has 13 nitrogen and oxygen atoms in total. The molecule has 0 spiro atoms. The predicted octanol–water partition coefficient (Wildman–Crippen LogP) is 5.04. The summed E-state index contributed by atoms with van der Waals surface area (Å²) in [4.78, 5) is 20.6. The molecular formula is C28H31BrClF3N6O7. The number of benzene rings is 1. The van der Waals surface area contributed by atoms with Gasteiger partial charge in [-0.25, -0.2) is 24.9 Å². The number of carbonyl (C=O) groups is 1. The summed E-state index contributed by atoms with van der Waals surface area (Å²) in [5.74, 6) is -0.102. The van der Waals surface area contributed by atoms with Crippen LogP contribution in [0.2, 0.25) is 5.02 Å². The molecule has 6 atom stereocenters. The molecule has 46 heavy (non-hydrogen) atoms. The SMILES string of the molecule is COCO[C@@H]1[C@@H](NNC(=O)OC(C)(C)C)[C@H]2OC(c3ccccc3)OC[C@H]2O[C@H]1c1nc(Br)nn1-c1cc(Cl)cnc1C(F)(F)F. The predicted molar refractivity (Wildman–Crippen MR) is 158 cm³/mol. The Bertz CT molecular complexity index is 1510. The highest BCUT2D eigenvalue weighted by atomic mass is 79.9. The van der Waals surface area contributed by atoms with E-state index in [4.69, 9.17) is 40.0 Å². The number of amides is 1. The Balaban J connectivity index is 1.57. The van der Waals surface area contributed by atoms with Crippen LogP contribution in [0.1, 0.15) is 50.2 Å². The van der Waals surface area contributed by atoms with Crippen molar-refractivity contribution in [1.82, 2.24) is 30.6 Å².